The zero-order chi connectivity index (χ0) is 28.2. The molecular weight excluding hydrogens is 542 g/mol. The molecule has 1 aliphatic carbocycles. The van der Waals surface area contributed by atoms with Gasteiger partial charge in [-0.2, -0.15) is 5.26 Å². The predicted molar refractivity (Wildman–Crippen MR) is 152 cm³/mol. The Balaban J connectivity index is 1.63. The number of pyridine rings is 1. The van der Waals surface area contributed by atoms with Crippen LogP contribution >= 0.6 is 23.2 Å². The minimum Gasteiger partial charge on any atom is -0.383 e. The van der Waals surface area contributed by atoms with Crippen LogP contribution in [0.5, 0.6) is 0 Å². The maximum absolute atomic E-state index is 13.8. The molecule has 5 rings (SSSR count). The standard InChI is InChI=1S/C27H26BCl2F2N7/c1-25(2,3)14-35-23-15(11-33)12-34-24-17(23)8-16(9-20(24)30)36-27(28,18-6-4-5-7-19(18)29)21-13-39(38-37-21)22-10-26(22,31)32/h4-9,12-13,22,36H,10,14,28H2,1-3H3,(H,34,35). The van der Waals surface area contributed by atoms with Gasteiger partial charge in [-0.15, -0.1) is 5.10 Å². The van der Waals surface area contributed by atoms with E-state index >= 15 is 0 Å². The average molecular weight is 568 g/mol. The molecule has 4 aromatic rings. The fourth-order valence-corrected chi connectivity index (χ4v) is 5.12. The van der Waals surface area contributed by atoms with Gasteiger partial charge in [0.25, 0.3) is 5.92 Å². The van der Waals surface area contributed by atoms with Gasteiger partial charge < -0.3 is 10.6 Å². The molecule has 2 aromatic carbocycles. The number of hydrogen-bond donors (Lipinski definition) is 2. The molecule has 2 heterocycles. The van der Waals surface area contributed by atoms with Gasteiger partial charge in [-0.1, -0.05) is 67.4 Å². The second kappa shape index (κ2) is 9.65. The smallest absolute Gasteiger partial charge is 0.272 e. The molecular formula is C27H26BCl2F2N7. The van der Waals surface area contributed by atoms with Gasteiger partial charge in [0.15, 0.2) is 0 Å². The Hall–Kier alpha value is -3.42. The summed E-state index contributed by atoms with van der Waals surface area (Å²) in [6.07, 6.45) is 2.76. The van der Waals surface area contributed by atoms with Gasteiger partial charge in [-0.3, -0.25) is 4.98 Å². The van der Waals surface area contributed by atoms with Crippen LogP contribution in [0.4, 0.5) is 20.2 Å². The number of nitrogens with one attached hydrogen (secondary N) is 2. The number of anilines is 2. The summed E-state index contributed by atoms with van der Waals surface area (Å²) in [5.41, 5.74) is 2.12. The van der Waals surface area contributed by atoms with E-state index in [1.165, 1.54) is 17.1 Å². The molecule has 0 saturated heterocycles. The number of aromatic nitrogens is 4. The third-order valence-corrected chi connectivity index (χ3v) is 7.40. The molecule has 0 radical (unpaired) electrons. The topological polar surface area (TPSA) is 91.5 Å². The molecule has 2 atom stereocenters. The van der Waals surface area contributed by atoms with Gasteiger partial charge in [0.05, 0.1) is 33.4 Å². The number of rotatable bonds is 7. The summed E-state index contributed by atoms with van der Waals surface area (Å²) in [4.78, 5) is 4.43. The summed E-state index contributed by atoms with van der Waals surface area (Å²) in [5.74, 6) is -2.80. The van der Waals surface area contributed by atoms with Crippen molar-refractivity contribution in [1.82, 2.24) is 20.0 Å². The monoisotopic (exact) mass is 567 g/mol. The highest BCUT2D eigenvalue weighted by atomic mass is 35.5. The lowest BCUT2D eigenvalue weighted by Crippen LogP contribution is -2.38. The van der Waals surface area contributed by atoms with Crippen LogP contribution < -0.4 is 10.6 Å². The fourth-order valence-electron chi connectivity index (χ4n) is 4.53. The van der Waals surface area contributed by atoms with Gasteiger partial charge in [-0.25, -0.2) is 13.5 Å². The van der Waals surface area contributed by atoms with Crippen molar-refractivity contribution in [1.29, 1.82) is 5.26 Å². The van der Waals surface area contributed by atoms with E-state index in [1.807, 2.05) is 32.1 Å². The summed E-state index contributed by atoms with van der Waals surface area (Å²) in [6.45, 7) is 6.89. The highest BCUT2D eigenvalue weighted by molar-refractivity contribution is 6.36. The molecule has 0 amide bonds. The van der Waals surface area contributed by atoms with Gasteiger partial charge in [0.1, 0.15) is 25.7 Å². The second-order valence-electron chi connectivity index (χ2n) is 11.2. The maximum Gasteiger partial charge on any atom is 0.272 e. The van der Waals surface area contributed by atoms with Crippen LogP contribution in [0.2, 0.25) is 10.0 Å². The van der Waals surface area contributed by atoms with Crippen molar-refractivity contribution in [2.75, 3.05) is 17.2 Å². The van der Waals surface area contributed by atoms with Gasteiger partial charge in [0, 0.05) is 35.3 Å². The van der Waals surface area contributed by atoms with Crippen LogP contribution in [0.1, 0.15) is 50.1 Å². The van der Waals surface area contributed by atoms with Crippen LogP contribution in [-0.4, -0.2) is 40.3 Å². The largest absolute Gasteiger partial charge is 0.383 e. The molecule has 12 heteroatoms. The summed E-state index contributed by atoms with van der Waals surface area (Å²) in [5, 5.41) is 26.5. The average Bonchev–Trinajstić information content (AvgIpc) is 3.24. The summed E-state index contributed by atoms with van der Waals surface area (Å²) in [7, 11) is 1.86. The normalized spacial score (nSPS) is 17.8. The van der Waals surface area contributed by atoms with E-state index in [0.29, 0.717) is 55.7 Å². The molecule has 1 fully saturated rings. The SMILES string of the molecule is BC(Nc1cc(Cl)c2ncc(C#N)c(NCC(C)(C)C)c2c1)(c1cn(C2CC2(F)F)nn1)c1ccccc1Cl. The number of fused-ring (bicyclic) bond motifs is 1. The van der Waals surface area contributed by atoms with Crippen LogP contribution in [0, 0.1) is 16.7 Å². The predicted octanol–water partition coefficient (Wildman–Crippen LogP) is 5.99. The number of nitrogens with zero attached hydrogens (tertiary/aromatic N) is 5. The van der Waals surface area contributed by atoms with Gasteiger partial charge in [-0.05, 0) is 29.2 Å². The zero-order valence-electron chi connectivity index (χ0n) is 21.9. The van der Waals surface area contributed by atoms with Crippen LogP contribution in [-0.2, 0) is 5.44 Å². The molecule has 2 N–H and O–H groups in total. The van der Waals surface area contributed by atoms with Crippen molar-refractivity contribution in [2.45, 2.75) is 44.6 Å². The molecule has 1 aliphatic rings. The molecule has 2 unspecified atom stereocenters. The van der Waals surface area contributed by atoms with Gasteiger partial charge >= 0.3 is 0 Å². The number of benzene rings is 2. The summed E-state index contributed by atoms with van der Waals surface area (Å²) in [6, 6.07) is 12.0. The molecule has 200 valence electrons. The van der Waals surface area contributed by atoms with Crippen LogP contribution in [0.3, 0.4) is 0 Å². The molecule has 0 aliphatic heterocycles. The van der Waals surface area contributed by atoms with E-state index in [9.17, 15) is 14.0 Å². The van der Waals surface area contributed by atoms with Gasteiger partial charge in [0.2, 0.25) is 0 Å². The van der Waals surface area contributed by atoms with E-state index in [2.05, 4.69) is 52.8 Å². The third kappa shape index (κ3) is 5.26. The highest BCUT2D eigenvalue weighted by Gasteiger charge is 2.59. The van der Waals surface area contributed by atoms with Crippen LogP contribution in [0.15, 0.2) is 48.8 Å². The zero-order valence-corrected chi connectivity index (χ0v) is 23.4. The summed E-state index contributed by atoms with van der Waals surface area (Å²) < 4.78 is 28.8. The number of alkyl halides is 2. The molecule has 1 saturated carbocycles. The van der Waals surface area contributed by atoms with E-state index in [1.54, 1.807) is 12.1 Å². The minimum atomic E-state index is -2.80. The molecule has 0 bridgehead atoms. The summed E-state index contributed by atoms with van der Waals surface area (Å²) >= 11 is 13.3. The quantitative estimate of drug-likeness (QED) is 0.267. The van der Waals surface area contributed by atoms with Crippen LogP contribution in [0.25, 0.3) is 10.9 Å². The Morgan fingerprint density at radius 1 is 1.21 bits per heavy atom. The Labute approximate surface area is 235 Å². The number of hydrogen-bond acceptors (Lipinski definition) is 6. The minimum absolute atomic E-state index is 0.0468. The Kier molecular flexibility index (Phi) is 6.72. The first kappa shape index (κ1) is 27.2. The lowest BCUT2D eigenvalue weighted by molar-refractivity contribution is 0.0979. The van der Waals surface area contributed by atoms with E-state index in [-0.39, 0.29) is 11.8 Å². The van der Waals surface area contributed by atoms with Crippen molar-refractivity contribution in [3.05, 3.63) is 75.7 Å². The van der Waals surface area contributed by atoms with Crippen molar-refractivity contribution < 1.29 is 8.78 Å². The lowest BCUT2D eigenvalue weighted by Gasteiger charge is -2.32. The van der Waals surface area contributed by atoms with Crippen molar-refractivity contribution in [3.63, 3.8) is 0 Å². The number of halogens is 4. The molecule has 2 aromatic heterocycles. The van der Waals surface area contributed by atoms with E-state index in [0.717, 1.165) is 0 Å². The first-order chi connectivity index (χ1) is 18.3. The molecule has 39 heavy (non-hydrogen) atoms. The van der Waals surface area contributed by atoms with Crippen molar-refractivity contribution in [2.24, 2.45) is 5.41 Å². The highest BCUT2D eigenvalue weighted by Crippen LogP contribution is 2.52. The molecule has 0 spiro atoms. The van der Waals surface area contributed by atoms with Crippen molar-refractivity contribution in [3.8, 4) is 6.07 Å². The first-order valence-corrected chi connectivity index (χ1v) is 13.2. The Morgan fingerprint density at radius 3 is 2.56 bits per heavy atom. The Bertz CT molecular complexity index is 1610. The lowest BCUT2D eigenvalue weighted by atomic mass is 9.69. The first-order valence-electron chi connectivity index (χ1n) is 12.4. The third-order valence-electron chi connectivity index (χ3n) is 6.78. The second-order valence-corrected chi connectivity index (χ2v) is 12.0. The van der Waals surface area contributed by atoms with E-state index < -0.39 is 17.4 Å². The van der Waals surface area contributed by atoms with Crippen molar-refractivity contribution >= 4 is 53.3 Å². The number of nitriles is 1. The maximum atomic E-state index is 13.8. The molecule has 7 nitrogen and oxygen atoms in total. The van der Waals surface area contributed by atoms with E-state index in [4.69, 9.17) is 23.2 Å². The fraction of sp³-hybridized carbons (Fsp3) is 0.333. The Morgan fingerprint density at radius 2 is 1.92 bits per heavy atom.